The Balaban J connectivity index is 1.53. The van der Waals surface area contributed by atoms with Gasteiger partial charge in [-0.1, -0.05) is 0 Å². The van der Waals surface area contributed by atoms with Gasteiger partial charge in [0.05, 0.1) is 12.1 Å². The molecule has 0 amide bonds. The Morgan fingerprint density at radius 1 is 1.50 bits per heavy atom. The summed E-state index contributed by atoms with van der Waals surface area (Å²) in [6.07, 6.45) is 3.49. The van der Waals surface area contributed by atoms with Gasteiger partial charge in [-0.15, -0.1) is 0 Å². The summed E-state index contributed by atoms with van der Waals surface area (Å²) in [5.74, 6) is 4.45. The molecule has 3 nitrogen and oxygen atoms in total. The summed E-state index contributed by atoms with van der Waals surface area (Å²) >= 11 is 2.03. The van der Waals surface area contributed by atoms with Crippen LogP contribution in [0, 0.1) is 6.92 Å². The monoisotopic (exact) mass is 267 g/mol. The number of furan rings is 1. The van der Waals surface area contributed by atoms with Crippen molar-refractivity contribution in [1.82, 2.24) is 5.32 Å². The molecule has 2 unspecified atom stereocenters. The van der Waals surface area contributed by atoms with Crippen molar-refractivity contribution in [3.05, 3.63) is 23.7 Å². The number of nitrogens with one attached hydrogen (secondary N) is 1. The molecule has 0 radical (unpaired) electrons. The van der Waals surface area contributed by atoms with Crippen LogP contribution in [-0.2, 0) is 11.3 Å². The van der Waals surface area contributed by atoms with Crippen LogP contribution in [0.5, 0.6) is 0 Å². The van der Waals surface area contributed by atoms with Crippen molar-refractivity contribution in [2.24, 2.45) is 0 Å². The van der Waals surface area contributed by atoms with Crippen LogP contribution in [0.2, 0.25) is 0 Å². The summed E-state index contributed by atoms with van der Waals surface area (Å²) in [7, 11) is 0. The van der Waals surface area contributed by atoms with Gasteiger partial charge in [0.25, 0.3) is 0 Å². The molecular weight excluding hydrogens is 246 g/mol. The zero-order valence-corrected chi connectivity index (χ0v) is 11.7. The highest BCUT2D eigenvalue weighted by atomic mass is 32.2. The number of thioether (sulfide) groups is 1. The van der Waals surface area contributed by atoms with E-state index in [0.717, 1.165) is 37.5 Å². The smallest absolute Gasteiger partial charge is 0.117 e. The van der Waals surface area contributed by atoms with E-state index in [-0.39, 0.29) is 5.60 Å². The largest absolute Gasteiger partial charge is 0.465 e. The van der Waals surface area contributed by atoms with E-state index in [1.807, 2.05) is 24.8 Å². The maximum atomic E-state index is 6.03. The minimum atomic E-state index is 0.166. The van der Waals surface area contributed by atoms with E-state index in [4.69, 9.17) is 9.15 Å². The Labute approximate surface area is 113 Å². The van der Waals surface area contributed by atoms with Gasteiger partial charge in [-0.05, 0) is 44.1 Å². The molecule has 0 aliphatic carbocycles. The molecule has 0 bridgehead atoms. The average molecular weight is 267 g/mol. The highest BCUT2D eigenvalue weighted by Crippen LogP contribution is 2.38. The number of aryl methyl sites for hydroxylation is 1. The first-order valence-corrected chi connectivity index (χ1v) is 7.92. The number of hydrogen-bond acceptors (Lipinski definition) is 4. The van der Waals surface area contributed by atoms with Gasteiger partial charge in [0.15, 0.2) is 0 Å². The molecule has 4 heteroatoms. The molecule has 1 spiro atoms. The lowest BCUT2D eigenvalue weighted by Gasteiger charge is -2.38. The predicted molar refractivity (Wildman–Crippen MR) is 73.9 cm³/mol. The first-order valence-electron chi connectivity index (χ1n) is 6.76. The molecule has 1 aromatic heterocycles. The van der Waals surface area contributed by atoms with Gasteiger partial charge in [0, 0.05) is 18.4 Å². The van der Waals surface area contributed by atoms with Crippen molar-refractivity contribution in [1.29, 1.82) is 0 Å². The molecule has 1 N–H and O–H groups in total. The van der Waals surface area contributed by atoms with Crippen LogP contribution in [0.4, 0.5) is 0 Å². The highest BCUT2D eigenvalue weighted by molar-refractivity contribution is 7.99. The molecule has 1 aromatic rings. The maximum Gasteiger partial charge on any atom is 0.117 e. The fourth-order valence-electron chi connectivity index (χ4n) is 2.89. The molecule has 18 heavy (non-hydrogen) atoms. The van der Waals surface area contributed by atoms with E-state index in [0.29, 0.717) is 6.04 Å². The second kappa shape index (κ2) is 5.27. The quantitative estimate of drug-likeness (QED) is 0.913. The van der Waals surface area contributed by atoms with Crippen molar-refractivity contribution < 1.29 is 9.15 Å². The Morgan fingerprint density at radius 2 is 2.44 bits per heavy atom. The second-order valence-electron chi connectivity index (χ2n) is 5.42. The summed E-state index contributed by atoms with van der Waals surface area (Å²) in [6, 6.07) is 4.65. The third-order valence-corrected chi connectivity index (χ3v) is 5.14. The predicted octanol–water partition coefficient (Wildman–Crippen LogP) is 2.73. The summed E-state index contributed by atoms with van der Waals surface area (Å²) < 4.78 is 11.6. The topological polar surface area (TPSA) is 34.4 Å². The van der Waals surface area contributed by atoms with E-state index < -0.39 is 0 Å². The van der Waals surface area contributed by atoms with E-state index in [9.17, 15) is 0 Å². The Bertz CT molecular complexity index is 398. The highest BCUT2D eigenvalue weighted by Gasteiger charge is 2.40. The molecule has 3 rings (SSSR count). The van der Waals surface area contributed by atoms with Crippen LogP contribution in [0.1, 0.15) is 30.8 Å². The standard InChI is InChI=1S/C14H21NO2S/c1-11-2-3-13(17-11)9-15-12-4-6-16-14(8-12)5-7-18-10-14/h2-3,12,15H,4-10H2,1H3. The van der Waals surface area contributed by atoms with Crippen LogP contribution in [0.3, 0.4) is 0 Å². The lowest BCUT2D eigenvalue weighted by Crippen LogP contribution is -2.47. The van der Waals surface area contributed by atoms with Gasteiger partial charge in [0.2, 0.25) is 0 Å². The number of rotatable bonds is 3. The minimum absolute atomic E-state index is 0.166. The molecule has 3 heterocycles. The van der Waals surface area contributed by atoms with Gasteiger partial charge in [-0.3, -0.25) is 0 Å². The first-order chi connectivity index (χ1) is 8.76. The van der Waals surface area contributed by atoms with Crippen LogP contribution in [-0.4, -0.2) is 29.8 Å². The van der Waals surface area contributed by atoms with E-state index in [2.05, 4.69) is 11.4 Å². The van der Waals surface area contributed by atoms with Crippen molar-refractivity contribution in [2.45, 2.75) is 44.4 Å². The van der Waals surface area contributed by atoms with Gasteiger partial charge in [-0.25, -0.2) is 0 Å². The molecular formula is C14H21NO2S. The Hall–Kier alpha value is -0.450. The van der Waals surface area contributed by atoms with Crippen LogP contribution >= 0.6 is 11.8 Å². The average Bonchev–Trinajstić information content (AvgIpc) is 2.97. The summed E-state index contributed by atoms with van der Waals surface area (Å²) in [6.45, 7) is 3.72. The van der Waals surface area contributed by atoms with E-state index >= 15 is 0 Å². The Kier molecular flexibility index (Phi) is 3.68. The fraction of sp³-hybridized carbons (Fsp3) is 0.714. The van der Waals surface area contributed by atoms with Crippen molar-refractivity contribution in [2.75, 3.05) is 18.1 Å². The normalized spacial score (nSPS) is 32.2. The van der Waals surface area contributed by atoms with E-state index in [1.54, 1.807) is 0 Å². The first kappa shape index (κ1) is 12.6. The zero-order valence-electron chi connectivity index (χ0n) is 10.9. The second-order valence-corrected chi connectivity index (χ2v) is 6.52. The third-order valence-electron chi connectivity index (χ3n) is 3.92. The number of hydrogen-bond donors (Lipinski definition) is 1. The van der Waals surface area contributed by atoms with Gasteiger partial charge >= 0.3 is 0 Å². The SMILES string of the molecule is Cc1ccc(CNC2CCOC3(CCSC3)C2)o1. The molecule has 100 valence electrons. The zero-order chi connectivity index (χ0) is 12.4. The van der Waals surface area contributed by atoms with Gasteiger partial charge in [0.1, 0.15) is 11.5 Å². The van der Waals surface area contributed by atoms with Gasteiger partial charge < -0.3 is 14.5 Å². The molecule has 2 aliphatic heterocycles. The summed E-state index contributed by atoms with van der Waals surface area (Å²) in [5, 5.41) is 3.62. The lowest BCUT2D eigenvalue weighted by molar-refractivity contribution is -0.0704. The van der Waals surface area contributed by atoms with Gasteiger partial charge in [-0.2, -0.15) is 11.8 Å². The lowest BCUT2D eigenvalue weighted by atomic mass is 9.90. The fourth-order valence-corrected chi connectivity index (χ4v) is 4.27. The minimum Gasteiger partial charge on any atom is -0.465 e. The number of ether oxygens (including phenoxy) is 1. The third kappa shape index (κ3) is 2.76. The van der Waals surface area contributed by atoms with Crippen LogP contribution in [0.25, 0.3) is 0 Å². The van der Waals surface area contributed by atoms with Crippen LogP contribution in [0.15, 0.2) is 16.5 Å². The van der Waals surface area contributed by atoms with Crippen LogP contribution < -0.4 is 5.32 Å². The molecule has 0 saturated carbocycles. The van der Waals surface area contributed by atoms with Crippen molar-refractivity contribution in [3.8, 4) is 0 Å². The molecule has 2 fully saturated rings. The maximum absolute atomic E-state index is 6.03. The molecule has 0 aromatic carbocycles. The summed E-state index contributed by atoms with van der Waals surface area (Å²) in [4.78, 5) is 0. The molecule has 2 saturated heterocycles. The van der Waals surface area contributed by atoms with E-state index in [1.165, 1.54) is 17.9 Å². The van der Waals surface area contributed by atoms with Crippen molar-refractivity contribution >= 4 is 11.8 Å². The molecule has 2 aliphatic rings. The molecule has 2 atom stereocenters. The Morgan fingerprint density at radius 3 is 3.17 bits per heavy atom. The summed E-state index contributed by atoms with van der Waals surface area (Å²) in [5.41, 5.74) is 0.166. The van der Waals surface area contributed by atoms with Crippen molar-refractivity contribution in [3.63, 3.8) is 0 Å².